The molecule has 0 N–H and O–H groups in total. The van der Waals surface area contributed by atoms with Crippen molar-refractivity contribution in [3.05, 3.63) is 122 Å². The normalized spacial score (nSPS) is 10.2. The maximum atomic E-state index is 12.4. The molecule has 0 aliphatic heterocycles. The van der Waals surface area contributed by atoms with E-state index in [4.69, 9.17) is 37.9 Å². The molecule has 0 spiro atoms. The Morgan fingerprint density at radius 1 is 0.500 bits per heavy atom. The third-order valence-corrected chi connectivity index (χ3v) is 5.82. The first-order valence-electron chi connectivity index (χ1n) is 15.0. The van der Waals surface area contributed by atoms with Crippen molar-refractivity contribution in [2.45, 2.75) is 25.7 Å². The number of ether oxygens (including phenoxy) is 8. The third kappa shape index (κ3) is 16.4. The third-order valence-electron chi connectivity index (χ3n) is 5.82. The molecule has 14 heteroatoms. The molecular formula is C36H36O14. The predicted octanol–water partition coefficient (Wildman–Crippen LogP) is 6.33. The summed E-state index contributed by atoms with van der Waals surface area (Å²) in [5, 5.41) is 0. The minimum atomic E-state index is -0.943. The van der Waals surface area contributed by atoms with E-state index in [0.29, 0.717) is 25.7 Å². The van der Waals surface area contributed by atoms with E-state index in [1.54, 1.807) is 0 Å². The lowest BCUT2D eigenvalue weighted by Gasteiger charge is -2.08. The zero-order valence-electron chi connectivity index (χ0n) is 27.1. The summed E-state index contributed by atoms with van der Waals surface area (Å²) in [7, 11) is 0. The highest BCUT2D eigenvalue weighted by atomic mass is 16.7. The van der Waals surface area contributed by atoms with E-state index in [1.165, 1.54) is 60.7 Å². The first-order valence-corrected chi connectivity index (χ1v) is 15.0. The zero-order valence-corrected chi connectivity index (χ0v) is 27.1. The number of esters is 4. The molecule has 0 heterocycles. The summed E-state index contributed by atoms with van der Waals surface area (Å²) in [6.07, 6.45) is 4.63. The number of hydrogen-bond acceptors (Lipinski definition) is 14. The van der Waals surface area contributed by atoms with Gasteiger partial charge in [0.2, 0.25) is 0 Å². The molecule has 0 amide bonds. The molecule has 264 valence electrons. The molecule has 0 saturated heterocycles. The van der Waals surface area contributed by atoms with Crippen molar-refractivity contribution in [1.82, 2.24) is 0 Å². The summed E-state index contributed by atoms with van der Waals surface area (Å²) in [4.78, 5) is 70.5. The van der Waals surface area contributed by atoms with Gasteiger partial charge in [0.05, 0.1) is 37.6 Å². The number of carbonyl (C=O) groups excluding carboxylic acids is 6. The summed E-state index contributed by atoms with van der Waals surface area (Å²) in [6, 6.07) is 10.9. The molecule has 0 aromatic heterocycles. The van der Waals surface area contributed by atoms with Crippen molar-refractivity contribution in [1.29, 1.82) is 0 Å². The van der Waals surface area contributed by atoms with Gasteiger partial charge in [0.25, 0.3) is 0 Å². The van der Waals surface area contributed by atoms with E-state index in [9.17, 15) is 28.8 Å². The van der Waals surface area contributed by atoms with Gasteiger partial charge in [-0.05, 0) is 86.4 Å². The van der Waals surface area contributed by atoms with Crippen LogP contribution in [0, 0.1) is 0 Å². The molecule has 2 aromatic rings. The molecule has 0 bridgehead atoms. The van der Waals surface area contributed by atoms with E-state index in [-0.39, 0.29) is 60.6 Å². The molecular weight excluding hydrogens is 656 g/mol. The molecule has 50 heavy (non-hydrogen) atoms. The highest BCUT2D eigenvalue weighted by molar-refractivity contribution is 5.91. The van der Waals surface area contributed by atoms with Crippen LogP contribution in [0.1, 0.15) is 46.4 Å². The highest BCUT2D eigenvalue weighted by Crippen LogP contribution is 2.17. The van der Waals surface area contributed by atoms with Crippen molar-refractivity contribution in [3.8, 4) is 11.5 Å². The minimum absolute atomic E-state index is 0.0565. The van der Waals surface area contributed by atoms with Crippen molar-refractivity contribution < 1.29 is 66.7 Å². The van der Waals surface area contributed by atoms with Crippen LogP contribution in [-0.4, -0.2) is 62.6 Å². The second kappa shape index (κ2) is 22.2. The summed E-state index contributed by atoms with van der Waals surface area (Å²) >= 11 is 0. The molecule has 14 nitrogen and oxygen atoms in total. The summed E-state index contributed by atoms with van der Waals surface area (Å²) in [6.45, 7) is 14.3. The number of rotatable bonds is 20. The van der Waals surface area contributed by atoms with Crippen LogP contribution in [0.15, 0.2) is 111 Å². The Balaban J connectivity index is 1.69. The van der Waals surface area contributed by atoms with Gasteiger partial charge in [-0.3, -0.25) is 0 Å². The van der Waals surface area contributed by atoms with Crippen LogP contribution >= 0.6 is 0 Å². The van der Waals surface area contributed by atoms with Crippen molar-refractivity contribution in [2.75, 3.05) is 26.4 Å². The van der Waals surface area contributed by atoms with Gasteiger partial charge in [0.15, 0.2) is 0 Å². The molecule has 0 unspecified atom stereocenters. The fourth-order valence-corrected chi connectivity index (χ4v) is 3.36. The van der Waals surface area contributed by atoms with Gasteiger partial charge in [0.1, 0.15) is 23.0 Å². The second-order valence-corrected chi connectivity index (χ2v) is 9.65. The first kappa shape index (κ1) is 39.7. The molecule has 0 aliphatic carbocycles. The number of allylic oxidation sites excluding steroid dienone is 2. The number of benzene rings is 2. The maximum absolute atomic E-state index is 12.4. The fraction of sp³-hybridized carbons (Fsp3) is 0.222. The van der Waals surface area contributed by atoms with Crippen LogP contribution in [0.4, 0.5) is 9.59 Å². The lowest BCUT2D eigenvalue weighted by atomic mass is 10.2. The molecule has 2 aromatic carbocycles. The molecule has 0 saturated carbocycles. The quantitative estimate of drug-likeness (QED) is 0.0286. The van der Waals surface area contributed by atoms with Crippen LogP contribution in [-0.2, 0) is 38.0 Å². The smallest absolute Gasteiger partial charge is 0.463 e. The summed E-state index contributed by atoms with van der Waals surface area (Å²) in [5.74, 6) is -2.49. The minimum Gasteiger partial charge on any atom is -0.463 e. The van der Waals surface area contributed by atoms with Gasteiger partial charge >= 0.3 is 36.2 Å². The fourth-order valence-electron chi connectivity index (χ4n) is 3.36. The highest BCUT2D eigenvalue weighted by Gasteiger charge is 2.13. The number of hydrogen-bond donors (Lipinski definition) is 0. The van der Waals surface area contributed by atoms with Gasteiger partial charge in [-0.1, -0.05) is 26.3 Å². The lowest BCUT2D eigenvalue weighted by Crippen LogP contribution is -2.12. The van der Waals surface area contributed by atoms with Crippen LogP contribution in [0.5, 0.6) is 11.5 Å². The van der Waals surface area contributed by atoms with Gasteiger partial charge in [-0.2, -0.15) is 0 Å². The Kier molecular flexibility index (Phi) is 17.6. The number of carbonyl (C=O) groups is 6. The van der Waals surface area contributed by atoms with E-state index in [1.807, 2.05) is 0 Å². The van der Waals surface area contributed by atoms with Gasteiger partial charge < -0.3 is 37.9 Å². The topological polar surface area (TPSA) is 176 Å². The Labute approximate surface area is 288 Å². The van der Waals surface area contributed by atoms with E-state index >= 15 is 0 Å². The molecule has 0 aliphatic rings. The monoisotopic (exact) mass is 692 g/mol. The standard InChI is InChI=1S/C36H36O14/c1-5-31(37)43-21-7-9-23-45-35(41)49-29-17-13-27(14-18-29)33(39)47-25(3)11-12-26(4)48-34(40)28-15-19-30(20-16-28)50-36(42)46-24-10-8-22-44-32(38)6-2/h5-6,11-20H,1-4,7-10,21-24H2/b12-11-. The molecule has 0 radical (unpaired) electrons. The maximum Gasteiger partial charge on any atom is 0.513 e. The van der Waals surface area contributed by atoms with E-state index < -0.39 is 36.2 Å². The molecule has 0 fully saturated rings. The predicted molar refractivity (Wildman–Crippen MR) is 176 cm³/mol. The van der Waals surface area contributed by atoms with Gasteiger partial charge in [-0.15, -0.1) is 0 Å². The Hall–Kier alpha value is -6.44. The Morgan fingerprint density at radius 3 is 1.14 bits per heavy atom. The van der Waals surface area contributed by atoms with Gasteiger partial charge in [0, 0.05) is 12.2 Å². The second-order valence-electron chi connectivity index (χ2n) is 9.65. The zero-order chi connectivity index (χ0) is 36.7. The molecule has 2 rings (SSSR count). The average molecular weight is 693 g/mol. The molecule has 0 atom stereocenters. The van der Waals surface area contributed by atoms with Crippen molar-refractivity contribution in [2.24, 2.45) is 0 Å². The van der Waals surface area contributed by atoms with Crippen molar-refractivity contribution >= 4 is 36.2 Å². The lowest BCUT2D eigenvalue weighted by molar-refractivity contribution is -0.138. The van der Waals surface area contributed by atoms with Crippen LogP contribution in [0.25, 0.3) is 0 Å². The average Bonchev–Trinajstić information content (AvgIpc) is 3.10. The Bertz CT molecular complexity index is 1450. The van der Waals surface area contributed by atoms with Crippen LogP contribution < -0.4 is 9.47 Å². The van der Waals surface area contributed by atoms with E-state index in [0.717, 1.165) is 12.2 Å². The van der Waals surface area contributed by atoms with E-state index in [2.05, 4.69) is 26.3 Å². The van der Waals surface area contributed by atoms with Crippen LogP contribution in [0.3, 0.4) is 0 Å². The summed E-state index contributed by atoms with van der Waals surface area (Å²) < 4.78 is 39.9. The number of unbranched alkanes of at least 4 members (excludes halogenated alkanes) is 2. The van der Waals surface area contributed by atoms with Crippen molar-refractivity contribution in [3.63, 3.8) is 0 Å². The Morgan fingerprint density at radius 2 is 0.820 bits per heavy atom. The summed E-state index contributed by atoms with van der Waals surface area (Å²) in [5.41, 5.74) is 0.257. The largest absolute Gasteiger partial charge is 0.513 e. The SMILES string of the molecule is C=CC(=O)OCCCCOC(=O)Oc1ccc(C(=O)OC(=C)/C=C\C(=C)OC(=O)c2ccc(OC(=O)OCCCCOC(=O)C=C)cc2)cc1. The first-order chi connectivity index (χ1) is 24.0. The van der Waals surface area contributed by atoms with Gasteiger partial charge in [-0.25, -0.2) is 28.8 Å². The van der Waals surface area contributed by atoms with Crippen LogP contribution in [0.2, 0.25) is 0 Å².